The van der Waals surface area contributed by atoms with Crippen LogP contribution in [-0.4, -0.2) is 58.0 Å². The molecule has 1 saturated carbocycles. The second-order valence-corrected chi connectivity index (χ2v) is 8.31. The molecule has 2 aliphatic carbocycles. The molecule has 0 N–H and O–H groups in total. The van der Waals surface area contributed by atoms with E-state index in [1.807, 2.05) is 36.6 Å². The zero-order valence-corrected chi connectivity index (χ0v) is 17.2. The van der Waals surface area contributed by atoms with Crippen LogP contribution in [0.25, 0.3) is 10.6 Å². The van der Waals surface area contributed by atoms with Crippen LogP contribution in [0, 0.1) is 0 Å². The largest absolute Gasteiger partial charge is 0.446 e. The van der Waals surface area contributed by atoms with Gasteiger partial charge in [0.25, 0.3) is 0 Å². The number of anilines is 1. The average molecular weight is 414 g/mol. The van der Waals surface area contributed by atoms with Crippen LogP contribution < -0.4 is 4.90 Å². The summed E-state index contributed by atoms with van der Waals surface area (Å²) in [5.41, 5.74) is 5.20. The molecule has 0 aromatic carbocycles. The number of ether oxygens (including phenoxy) is 1. The summed E-state index contributed by atoms with van der Waals surface area (Å²) in [6, 6.07) is 2.02. The highest BCUT2D eigenvalue weighted by atomic mass is 35.5. The summed E-state index contributed by atoms with van der Waals surface area (Å²) in [6.07, 6.45) is 9.49. The predicted octanol–water partition coefficient (Wildman–Crippen LogP) is 3.29. The highest BCUT2D eigenvalue weighted by Gasteiger charge is 2.31. The molecule has 0 unspecified atom stereocenters. The molecule has 7 nitrogen and oxygen atoms in total. The number of hydrogen-bond acceptors (Lipinski definition) is 5. The Labute approximate surface area is 174 Å². The van der Waals surface area contributed by atoms with Gasteiger partial charge in [0.05, 0.1) is 16.9 Å². The van der Waals surface area contributed by atoms with Crippen LogP contribution in [0.1, 0.15) is 36.1 Å². The van der Waals surface area contributed by atoms with E-state index < -0.39 is 0 Å². The van der Waals surface area contributed by atoms with Crippen molar-refractivity contribution in [3.8, 4) is 0 Å². The summed E-state index contributed by atoms with van der Waals surface area (Å²) in [4.78, 5) is 21.0. The molecule has 5 rings (SSSR count). The topological polar surface area (TPSA) is 63.5 Å². The predicted molar refractivity (Wildman–Crippen MR) is 112 cm³/mol. The smallest absolute Gasteiger partial charge is 0.410 e. The van der Waals surface area contributed by atoms with Crippen molar-refractivity contribution in [3.05, 3.63) is 41.5 Å². The van der Waals surface area contributed by atoms with Gasteiger partial charge in [0.15, 0.2) is 0 Å². The van der Waals surface area contributed by atoms with Crippen LogP contribution >= 0.6 is 11.6 Å². The number of pyridine rings is 1. The Morgan fingerprint density at radius 1 is 1.24 bits per heavy atom. The van der Waals surface area contributed by atoms with Crippen LogP contribution in [-0.2, 0) is 18.2 Å². The van der Waals surface area contributed by atoms with Crippen LogP contribution in [0.5, 0.6) is 0 Å². The number of aryl methyl sites for hydroxylation is 1. The second-order valence-electron chi connectivity index (χ2n) is 7.93. The summed E-state index contributed by atoms with van der Waals surface area (Å²) in [6.45, 7) is 2.81. The van der Waals surface area contributed by atoms with Crippen LogP contribution in [0.2, 0.25) is 0 Å². The zero-order chi connectivity index (χ0) is 20.0. The SMILES string of the molecule is Cn1cc(C2=C(Cl)c3c(N4CCN(C(=O)OC5CCC5)CC4)ccnc3C2)cn1. The number of hydrogen-bond donors (Lipinski definition) is 0. The van der Waals surface area contributed by atoms with Gasteiger partial charge in [0.1, 0.15) is 6.10 Å². The minimum atomic E-state index is -0.175. The molecule has 29 heavy (non-hydrogen) atoms. The van der Waals surface area contributed by atoms with E-state index in [-0.39, 0.29) is 12.2 Å². The van der Waals surface area contributed by atoms with Crippen molar-refractivity contribution in [3.63, 3.8) is 0 Å². The number of rotatable bonds is 3. The van der Waals surface area contributed by atoms with Gasteiger partial charge in [-0.3, -0.25) is 9.67 Å². The number of allylic oxidation sites excluding steroid dienone is 1. The lowest BCUT2D eigenvalue weighted by Gasteiger charge is -2.37. The molecule has 3 heterocycles. The number of piperazine rings is 1. The molecule has 0 atom stereocenters. The fourth-order valence-corrected chi connectivity index (χ4v) is 4.55. The first kappa shape index (κ1) is 18.5. The van der Waals surface area contributed by atoms with E-state index in [1.165, 1.54) is 0 Å². The van der Waals surface area contributed by atoms with E-state index >= 15 is 0 Å². The monoisotopic (exact) mass is 413 g/mol. The van der Waals surface area contributed by atoms with Crippen molar-refractivity contribution >= 4 is 34.0 Å². The summed E-state index contributed by atoms with van der Waals surface area (Å²) in [7, 11) is 1.90. The summed E-state index contributed by atoms with van der Waals surface area (Å²) >= 11 is 6.83. The Morgan fingerprint density at radius 3 is 2.69 bits per heavy atom. The Morgan fingerprint density at radius 2 is 2.03 bits per heavy atom. The van der Waals surface area contributed by atoms with Gasteiger partial charge in [0.2, 0.25) is 0 Å². The number of carbonyl (C=O) groups excluding carboxylic acids is 1. The molecule has 0 spiro atoms. The Kier molecular flexibility index (Phi) is 4.70. The molecule has 1 amide bonds. The lowest BCUT2D eigenvalue weighted by atomic mass is 9.96. The highest BCUT2D eigenvalue weighted by molar-refractivity contribution is 6.54. The van der Waals surface area contributed by atoms with Gasteiger partial charge in [0, 0.05) is 68.9 Å². The van der Waals surface area contributed by atoms with Crippen molar-refractivity contribution in [2.24, 2.45) is 7.05 Å². The van der Waals surface area contributed by atoms with Crippen LogP contribution in [0.4, 0.5) is 10.5 Å². The average Bonchev–Trinajstić information content (AvgIpc) is 3.28. The number of carbonyl (C=O) groups is 1. The third-order valence-corrected chi connectivity index (χ3v) is 6.50. The lowest BCUT2D eigenvalue weighted by molar-refractivity contribution is 0.0259. The van der Waals surface area contributed by atoms with Crippen molar-refractivity contribution in [1.29, 1.82) is 0 Å². The first-order chi connectivity index (χ1) is 14.1. The number of amides is 1. The molecule has 2 aromatic heterocycles. The normalized spacial score (nSPS) is 19.4. The maximum Gasteiger partial charge on any atom is 0.410 e. The number of aromatic nitrogens is 3. The van der Waals surface area contributed by atoms with Crippen LogP contribution in [0.3, 0.4) is 0 Å². The van der Waals surface area contributed by atoms with Gasteiger partial charge < -0.3 is 14.5 Å². The molecular weight excluding hydrogens is 390 g/mol. The van der Waals surface area contributed by atoms with Gasteiger partial charge in [-0.15, -0.1) is 0 Å². The summed E-state index contributed by atoms with van der Waals surface area (Å²) in [5.74, 6) is 0. The van der Waals surface area contributed by atoms with E-state index in [1.54, 1.807) is 4.68 Å². The van der Waals surface area contributed by atoms with E-state index in [2.05, 4.69) is 15.0 Å². The standard InChI is InChI=1S/C21H24ClN5O2/c1-25-13-14(12-24-25)16-11-17-19(20(16)22)18(5-6-23-17)26-7-9-27(10-8-26)21(28)29-15-3-2-4-15/h5-6,12-13,15H,2-4,7-11H2,1H3. The Hall–Kier alpha value is -2.54. The highest BCUT2D eigenvalue weighted by Crippen LogP contribution is 2.44. The van der Waals surface area contributed by atoms with Gasteiger partial charge in [-0.25, -0.2) is 4.79 Å². The van der Waals surface area contributed by atoms with Crippen molar-refractivity contribution in [1.82, 2.24) is 19.7 Å². The molecule has 1 saturated heterocycles. The zero-order valence-electron chi connectivity index (χ0n) is 16.5. The van der Waals surface area contributed by atoms with Gasteiger partial charge in [-0.05, 0) is 30.9 Å². The lowest BCUT2D eigenvalue weighted by Crippen LogP contribution is -2.50. The molecule has 0 radical (unpaired) electrons. The molecule has 152 valence electrons. The van der Waals surface area contributed by atoms with Gasteiger partial charge in [-0.1, -0.05) is 11.6 Å². The van der Waals surface area contributed by atoms with E-state index in [0.717, 1.165) is 65.5 Å². The van der Waals surface area contributed by atoms with Gasteiger partial charge in [-0.2, -0.15) is 5.10 Å². The van der Waals surface area contributed by atoms with Crippen molar-refractivity contribution < 1.29 is 9.53 Å². The first-order valence-electron chi connectivity index (χ1n) is 10.2. The molecule has 2 fully saturated rings. The quantitative estimate of drug-likeness (QED) is 0.772. The maximum absolute atomic E-state index is 12.3. The molecule has 3 aliphatic rings. The van der Waals surface area contributed by atoms with E-state index in [0.29, 0.717) is 19.5 Å². The van der Waals surface area contributed by atoms with Crippen molar-refractivity contribution in [2.75, 3.05) is 31.1 Å². The van der Waals surface area contributed by atoms with Crippen molar-refractivity contribution in [2.45, 2.75) is 31.8 Å². The maximum atomic E-state index is 12.3. The third-order valence-electron chi connectivity index (χ3n) is 6.09. The Bertz CT molecular complexity index is 973. The third kappa shape index (κ3) is 3.37. The molecule has 2 aromatic rings. The van der Waals surface area contributed by atoms with E-state index in [9.17, 15) is 4.79 Å². The number of halogens is 1. The minimum Gasteiger partial charge on any atom is -0.446 e. The second kappa shape index (κ2) is 7.37. The summed E-state index contributed by atoms with van der Waals surface area (Å²) in [5, 5.41) is 5.02. The van der Waals surface area contributed by atoms with Gasteiger partial charge >= 0.3 is 6.09 Å². The molecule has 8 heteroatoms. The molecular formula is C21H24ClN5O2. The molecule has 0 bridgehead atoms. The fourth-order valence-electron chi connectivity index (χ4n) is 4.17. The first-order valence-corrected chi connectivity index (χ1v) is 10.5. The van der Waals surface area contributed by atoms with Crippen LogP contribution in [0.15, 0.2) is 24.7 Å². The number of nitrogens with zero attached hydrogens (tertiary/aromatic N) is 5. The Balaban J connectivity index is 1.33. The summed E-state index contributed by atoms with van der Waals surface area (Å²) < 4.78 is 7.33. The minimum absolute atomic E-state index is 0.124. The van der Waals surface area contributed by atoms with E-state index in [4.69, 9.17) is 16.3 Å². The molecule has 1 aliphatic heterocycles. The fraction of sp³-hybridized carbons (Fsp3) is 0.476. The number of fused-ring (bicyclic) bond motifs is 1.